The van der Waals surface area contributed by atoms with Crippen LogP contribution in [0.3, 0.4) is 0 Å². The topological polar surface area (TPSA) is 55.6 Å². The minimum Gasteiger partial charge on any atom is -0.384 e. The molecular formula is C15H22N2O3. The zero-order valence-corrected chi connectivity index (χ0v) is 12.2. The third kappa shape index (κ3) is 3.55. The summed E-state index contributed by atoms with van der Waals surface area (Å²) in [6.07, 6.45) is 2.38. The van der Waals surface area contributed by atoms with Crippen molar-refractivity contribution in [1.29, 1.82) is 0 Å². The maximum Gasteiger partial charge on any atom is 0.272 e. The standard InChI is InChI=1S/C15H22N2O3/c1-12-14(6-3-7-15(12)17(18)19)10-16-8-4-5-13(9-16)11-20-2/h3,6-7,13H,4-5,8-11H2,1-2H3. The number of benzene rings is 1. The van der Waals surface area contributed by atoms with E-state index in [0.29, 0.717) is 5.92 Å². The molecule has 1 fully saturated rings. The van der Waals surface area contributed by atoms with E-state index in [4.69, 9.17) is 4.74 Å². The molecule has 0 radical (unpaired) electrons. The zero-order valence-electron chi connectivity index (χ0n) is 12.2. The normalized spacial score (nSPS) is 20.0. The van der Waals surface area contributed by atoms with Gasteiger partial charge in [-0.25, -0.2) is 0 Å². The van der Waals surface area contributed by atoms with Crippen molar-refractivity contribution in [2.75, 3.05) is 26.8 Å². The maximum absolute atomic E-state index is 11.0. The van der Waals surface area contributed by atoms with Crippen LogP contribution < -0.4 is 0 Å². The molecule has 0 aliphatic carbocycles. The minimum absolute atomic E-state index is 0.216. The molecule has 1 atom stereocenters. The van der Waals surface area contributed by atoms with Crippen LogP contribution in [0.2, 0.25) is 0 Å². The van der Waals surface area contributed by atoms with E-state index in [-0.39, 0.29) is 10.6 Å². The summed E-state index contributed by atoms with van der Waals surface area (Å²) in [4.78, 5) is 13.1. The molecule has 1 aromatic rings. The monoisotopic (exact) mass is 278 g/mol. The van der Waals surface area contributed by atoms with Gasteiger partial charge in [0.15, 0.2) is 0 Å². The largest absolute Gasteiger partial charge is 0.384 e. The third-order valence-corrected chi connectivity index (χ3v) is 4.01. The lowest BCUT2D eigenvalue weighted by atomic mass is 9.97. The first-order valence-corrected chi connectivity index (χ1v) is 7.06. The first kappa shape index (κ1) is 14.9. The van der Waals surface area contributed by atoms with Crippen LogP contribution in [0.15, 0.2) is 18.2 Å². The molecule has 5 nitrogen and oxygen atoms in total. The van der Waals surface area contributed by atoms with Gasteiger partial charge >= 0.3 is 0 Å². The van der Waals surface area contributed by atoms with Crippen LogP contribution in [0.25, 0.3) is 0 Å². The molecule has 0 aromatic heterocycles. The molecule has 1 unspecified atom stereocenters. The Kier molecular flexibility index (Phi) is 5.09. The van der Waals surface area contributed by atoms with Crippen LogP contribution in [0, 0.1) is 23.0 Å². The lowest BCUT2D eigenvalue weighted by molar-refractivity contribution is -0.385. The number of nitrogens with zero attached hydrogens (tertiary/aromatic N) is 2. The van der Waals surface area contributed by atoms with Gasteiger partial charge in [-0.1, -0.05) is 12.1 Å². The number of hydrogen-bond donors (Lipinski definition) is 0. The molecule has 1 heterocycles. The number of rotatable bonds is 5. The highest BCUT2D eigenvalue weighted by molar-refractivity contribution is 5.44. The van der Waals surface area contributed by atoms with Crippen molar-refractivity contribution in [1.82, 2.24) is 4.90 Å². The lowest BCUT2D eigenvalue weighted by Crippen LogP contribution is -2.36. The van der Waals surface area contributed by atoms with E-state index in [0.717, 1.165) is 37.4 Å². The number of methoxy groups -OCH3 is 1. The Morgan fingerprint density at radius 1 is 1.50 bits per heavy atom. The summed E-state index contributed by atoms with van der Waals surface area (Å²) in [5.41, 5.74) is 2.05. The van der Waals surface area contributed by atoms with E-state index in [1.165, 1.54) is 12.8 Å². The summed E-state index contributed by atoms with van der Waals surface area (Å²) in [6.45, 7) is 5.49. The van der Waals surface area contributed by atoms with Gasteiger partial charge in [0.25, 0.3) is 5.69 Å². The first-order chi connectivity index (χ1) is 9.61. The van der Waals surface area contributed by atoms with Gasteiger partial charge < -0.3 is 4.74 Å². The summed E-state index contributed by atoms with van der Waals surface area (Å²) >= 11 is 0. The average Bonchev–Trinajstić information content (AvgIpc) is 2.42. The lowest BCUT2D eigenvalue weighted by Gasteiger charge is -2.32. The fourth-order valence-electron chi connectivity index (χ4n) is 2.95. The van der Waals surface area contributed by atoms with E-state index >= 15 is 0 Å². The van der Waals surface area contributed by atoms with E-state index in [1.807, 2.05) is 13.0 Å². The zero-order chi connectivity index (χ0) is 14.5. The van der Waals surface area contributed by atoms with Crippen molar-refractivity contribution in [3.63, 3.8) is 0 Å². The molecule has 0 N–H and O–H groups in total. The predicted molar refractivity (Wildman–Crippen MR) is 77.7 cm³/mol. The molecule has 1 saturated heterocycles. The number of nitro benzene ring substituents is 1. The molecule has 0 bridgehead atoms. The molecule has 5 heteroatoms. The van der Waals surface area contributed by atoms with E-state index < -0.39 is 0 Å². The van der Waals surface area contributed by atoms with Crippen LogP contribution in [-0.2, 0) is 11.3 Å². The van der Waals surface area contributed by atoms with Crippen molar-refractivity contribution in [3.8, 4) is 0 Å². The van der Waals surface area contributed by atoms with Crippen molar-refractivity contribution >= 4 is 5.69 Å². The van der Waals surface area contributed by atoms with Gasteiger partial charge in [0, 0.05) is 31.8 Å². The van der Waals surface area contributed by atoms with Gasteiger partial charge in [-0.15, -0.1) is 0 Å². The van der Waals surface area contributed by atoms with Crippen molar-refractivity contribution in [2.45, 2.75) is 26.3 Å². The second-order valence-electron chi connectivity index (χ2n) is 5.52. The van der Waals surface area contributed by atoms with Crippen LogP contribution >= 0.6 is 0 Å². The Balaban J connectivity index is 2.06. The Bertz CT molecular complexity index is 474. The highest BCUT2D eigenvalue weighted by atomic mass is 16.6. The highest BCUT2D eigenvalue weighted by Crippen LogP contribution is 2.24. The molecule has 0 saturated carbocycles. The average molecular weight is 278 g/mol. The Hall–Kier alpha value is -1.46. The number of ether oxygens (including phenoxy) is 1. The van der Waals surface area contributed by atoms with Crippen LogP contribution in [-0.4, -0.2) is 36.6 Å². The second-order valence-corrected chi connectivity index (χ2v) is 5.52. The fourth-order valence-corrected chi connectivity index (χ4v) is 2.95. The summed E-state index contributed by atoms with van der Waals surface area (Å²) < 4.78 is 5.24. The highest BCUT2D eigenvalue weighted by Gasteiger charge is 2.21. The molecular weight excluding hydrogens is 256 g/mol. The van der Waals surface area contributed by atoms with Gasteiger partial charge in [-0.05, 0) is 37.8 Å². The summed E-state index contributed by atoms with van der Waals surface area (Å²) in [6, 6.07) is 5.34. The molecule has 20 heavy (non-hydrogen) atoms. The molecule has 1 aliphatic rings. The number of nitro groups is 1. The van der Waals surface area contributed by atoms with Gasteiger partial charge in [0.1, 0.15) is 0 Å². The summed E-state index contributed by atoms with van der Waals surface area (Å²) in [7, 11) is 1.74. The summed E-state index contributed by atoms with van der Waals surface area (Å²) in [5.74, 6) is 0.577. The summed E-state index contributed by atoms with van der Waals surface area (Å²) in [5, 5.41) is 11.0. The number of hydrogen-bond acceptors (Lipinski definition) is 4. The Morgan fingerprint density at radius 3 is 3.00 bits per heavy atom. The minimum atomic E-state index is -0.303. The van der Waals surface area contributed by atoms with Crippen molar-refractivity contribution < 1.29 is 9.66 Å². The van der Waals surface area contributed by atoms with Gasteiger partial charge in [-0.3, -0.25) is 15.0 Å². The quantitative estimate of drug-likeness (QED) is 0.614. The molecule has 0 amide bonds. The van der Waals surface area contributed by atoms with E-state index in [1.54, 1.807) is 19.2 Å². The molecule has 1 aliphatic heterocycles. The first-order valence-electron chi connectivity index (χ1n) is 7.06. The second kappa shape index (κ2) is 6.81. The number of piperidine rings is 1. The molecule has 2 rings (SSSR count). The Morgan fingerprint density at radius 2 is 2.30 bits per heavy atom. The maximum atomic E-state index is 11.0. The van der Waals surface area contributed by atoms with Gasteiger partial charge in [0.2, 0.25) is 0 Å². The smallest absolute Gasteiger partial charge is 0.272 e. The van der Waals surface area contributed by atoms with Crippen LogP contribution in [0.5, 0.6) is 0 Å². The van der Waals surface area contributed by atoms with Crippen molar-refractivity contribution in [2.24, 2.45) is 5.92 Å². The van der Waals surface area contributed by atoms with E-state index in [9.17, 15) is 10.1 Å². The van der Waals surface area contributed by atoms with Crippen LogP contribution in [0.1, 0.15) is 24.0 Å². The number of likely N-dealkylation sites (tertiary alicyclic amines) is 1. The van der Waals surface area contributed by atoms with Crippen molar-refractivity contribution in [3.05, 3.63) is 39.4 Å². The van der Waals surface area contributed by atoms with E-state index in [2.05, 4.69) is 4.90 Å². The molecule has 1 aromatic carbocycles. The Labute approximate surface area is 119 Å². The molecule has 0 spiro atoms. The van der Waals surface area contributed by atoms with Gasteiger partial charge in [-0.2, -0.15) is 0 Å². The predicted octanol–water partition coefficient (Wildman–Crippen LogP) is 2.76. The van der Waals surface area contributed by atoms with Crippen LogP contribution in [0.4, 0.5) is 5.69 Å². The molecule has 110 valence electrons. The fraction of sp³-hybridized carbons (Fsp3) is 0.600. The third-order valence-electron chi connectivity index (χ3n) is 4.01. The van der Waals surface area contributed by atoms with Gasteiger partial charge in [0.05, 0.1) is 11.5 Å². The SMILES string of the molecule is COCC1CCCN(Cc2cccc([N+](=O)[O-])c2C)C1.